The van der Waals surface area contributed by atoms with Gasteiger partial charge in [-0.2, -0.15) is 0 Å². The Morgan fingerprint density at radius 2 is 2.06 bits per heavy atom. The summed E-state index contributed by atoms with van der Waals surface area (Å²) in [5.41, 5.74) is 2.91. The first kappa shape index (κ1) is 12.2. The Labute approximate surface area is 106 Å². The van der Waals surface area contributed by atoms with Crippen molar-refractivity contribution in [2.45, 2.75) is 6.92 Å². The SMILES string of the molecule is Cc1cc(N(C)C)ccc1NC(=O)c1ccco1. The van der Waals surface area contributed by atoms with Gasteiger partial charge >= 0.3 is 0 Å². The molecule has 1 N–H and O–H groups in total. The average Bonchev–Trinajstić information content (AvgIpc) is 2.85. The number of carbonyl (C=O) groups is 1. The lowest BCUT2D eigenvalue weighted by Gasteiger charge is -2.15. The first-order valence-electron chi connectivity index (χ1n) is 5.71. The molecule has 0 bridgehead atoms. The van der Waals surface area contributed by atoms with Crippen LogP contribution in [0.3, 0.4) is 0 Å². The molecule has 18 heavy (non-hydrogen) atoms. The van der Waals surface area contributed by atoms with Gasteiger partial charge in [0, 0.05) is 25.5 Å². The maximum Gasteiger partial charge on any atom is 0.291 e. The van der Waals surface area contributed by atoms with E-state index < -0.39 is 0 Å². The van der Waals surface area contributed by atoms with E-state index in [2.05, 4.69) is 5.32 Å². The molecular weight excluding hydrogens is 228 g/mol. The van der Waals surface area contributed by atoms with Gasteiger partial charge in [0.15, 0.2) is 5.76 Å². The van der Waals surface area contributed by atoms with Gasteiger partial charge in [-0.15, -0.1) is 0 Å². The van der Waals surface area contributed by atoms with Gasteiger partial charge in [0.25, 0.3) is 5.91 Å². The topological polar surface area (TPSA) is 45.5 Å². The van der Waals surface area contributed by atoms with Crippen LogP contribution in [0.25, 0.3) is 0 Å². The average molecular weight is 244 g/mol. The fourth-order valence-electron chi connectivity index (χ4n) is 1.66. The Balaban J connectivity index is 2.17. The molecule has 0 unspecified atom stereocenters. The smallest absolute Gasteiger partial charge is 0.291 e. The van der Waals surface area contributed by atoms with E-state index in [0.29, 0.717) is 5.76 Å². The summed E-state index contributed by atoms with van der Waals surface area (Å²) in [4.78, 5) is 13.8. The summed E-state index contributed by atoms with van der Waals surface area (Å²) >= 11 is 0. The predicted molar refractivity (Wildman–Crippen MR) is 72.2 cm³/mol. The van der Waals surface area contributed by atoms with Crippen LogP contribution >= 0.6 is 0 Å². The van der Waals surface area contributed by atoms with Crippen LogP contribution in [0, 0.1) is 6.92 Å². The number of hydrogen-bond donors (Lipinski definition) is 1. The van der Waals surface area contributed by atoms with Crippen LogP contribution in [-0.4, -0.2) is 20.0 Å². The Morgan fingerprint density at radius 3 is 2.61 bits per heavy atom. The van der Waals surface area contributed by atoms with Gasteiger partial charge < -0.3 is 14.6 Å². The zero-order chi connectivity index (χ0) is 13.1. The van der Waals surface area contributed by atoms with Gasteiger partial charge in [-0.3, -0.25) is 4.79 Å². The molecule has 1 aromatic carbocycles. The lowest BCUT2D eigenvalue weighted by atomic mass is 10.1. The molecule has 2 aromatic rings. The van der Waals surface area contributed by atoms with Crippen LogP contribution in [0.15, 0.2) is 41.0 Å². The number of hydrogen-bond acceptors (Lipinski definition) is 3. The fraction of sp³-hybridized carbons (Fsp3) is 0.214. The van der Waals surface area contributed by atoms with Crippen molar-refractivity contribution >= 4 is 17.3 Å². The molecule has 2 rings (SSSR count). The minimum atomic E-state index is -0.235. The molecule has 4 heteroatoms. The van der Waals surface area contributed by atoms with E-state index >= 15 is 0 Å². The zero-order valence-corrected chi connectivity index (χ0v) is 10.7. The van der Waals surface area contributed by atoms with Crippen molar-refractivity contribution in [2.24, 2.45) is 0 Å². The number of nitrogens with one attached hydrogen (secondary N) is 1. The third kappa shape index (κ3) is 2.53. The minimum absolute atomic E-state index is 0.235. The van der Waals surface area contributed by atoms with Crippen molar-refractivity contribution in [1.82, 2.24) is 0 Å². The summed E-state index contributed by atoms with van der Waals surface area (Å²) < 4.78 is 5.05. The quantitative estimate of drug-likeness (QED) is 0.903. The second-order valence-electron chi connectivity index (χ2n) is 4.33. The molecule has 0 saturated heterocycles. The van der Waals surface area contributed by atoms with Gasteiger partial charge in [-0.05, 0) is 42.8 Å². The Bertz CT molecular complexity index is 545. The summed E-state index contributed by atoms with van der Waals surface area (Å²) in [6.45, 7) is 1.96. The molecule has 0 aliphatic carbocycles. The molecule has 0 atom stereocenters. The number of carbonyl (C=O) groups excluding carboxylic acids is 1. The Kier molecular flexibility index (Phi) is 3.37. The van der Waals surface area contributed by atoms with E-state index in [9.17, 15) is 4.79 Å². The van der Waals surface area contributed by atoms with Crippen molar-refractivity contribution < 1.29 is 9.21 Å². The molecule has 0 aliphatic heterocycles. The fourth-order valence-corrected chi connectivity index (χ4v) is 1.66. The van der Waals surface area contributed by atoms with E-state index in [-0.39, 0.29) is 5.91 Å². The third-order valence-corrected chi connectivity index (χ3v) is 2.72. The minimum Gasteiger partial charge on any atom is -0.459 e. The van der Waals surface area contributed by atoms with Crippen LogP contribution in [-0.2, 0) is 0 Å². The van der Waals surface area contributed by atoms with Crippen LogP contribution in [0.1, 0.15) is 16.1 Å². The van der Waals surface area contributed by atoms with E-state index in [1.807, 2.05) is 44.1 Å². The van der Waals surface area contributed by atoms with Gasteiger partial charge in [0.2, 0.25) is 0 Å². The van der Waals surface area contributed by atoms with E-state index in [4.69, 9.17) is 4.42 Å². The molecule has 0 spiro atoms. The maximum atomic E-state index is 11.8. The van der Waals surface area contributed by atoms with Crippen LogP contribution < -0.4 is 10.2 Å². The summed E-state index contributed by atoms with van der Waals surface area (Å²) in [5.74, 6) is 0.0757. The molecule has 0 saturated carbocycles. The lowest BCUT2D eigenvalue weighted by molar-refractivity contribution is 0.0996. The van der Waals surface area contributed by atoms with Gasteiger partial charge in [0.05, 0.1) is 6.26 Å². The van der Waals surface area contributed by atoms with Gasteiger partial charge in [0.1, 0.15) is 0 Å². The zero-order valence-electron chi connectivity index (χ0n) is 10.7. The number of nitrogens with zero attached hydrogens (tertiary/aromatic N) is 1. The molecule has 0 radical (unpaired) electrons. The highest BCUT2D eigenvalue weighted by molar-refractivity contribution is 6.02. The summed E-state index contributed by atoms with van der Waals surface area (Å²) in [6.07, 6.45) is 1.48. The highest BCUT2D eigenvalue weighted by atomic mass is 16.3. The number of furan rings is 1. The van der Waals surface area contributed by atoms with Crippen molar-refractivity contribution in [3.63, 3.8) is 0 Å². The van der Waals surface area contributed by atoms with E-state index in [0.717, 1.165) is 16.9 Å². The molecule has 4 nitrogen and oxygen atoms in total. The van der Waals surface area contributed by atoms with Crippen molar-refractivity contribution in [3.8, 4) is 0 Å². The molecule has 1 amide bonds. The molecule has 0 aliphatic rings. The first-order chi connectivity index (χ1) is 8.58. The lowest BCUT2D eigenvalue weighted by Crippen LogP contribution is -2.13. The van der Waals surface area contributed by atoms with Crippen molar-refractivity contribution in [1.29, 1.82) is 0 Å². The maximum absolute atomic E-state index is 11.8. The monoisotopic (exact) mass is 244 g/mol. The largest absolute Gasteiger partial charge is 0.459 e. The highest BCUT2D eigenvalue weighted by Crippen LogP contribution is 2.21. The summed E-state index contributed by atoms with van der Waals surface area (Å²) in [7, 11) is 3.96. The van der Waals surface area contributed by atoms with E-state index in [1.165, 1.54) is 6.26 Å². The van der Waals surface area contributed by atoms with Crippen LogP contribution in [0.5, 0.6) is 0 Å². The van der Waals surface area contributed by atoms with Crippen LogP contribution in [0.2, 0.25) is 0 Å². The Hall–Kier alpha value is -2.23. The normalized spacial score (nSPS) is 10.2. The third-order valence-electron chi connectivity index (χ3n) is 2.72. The van der Waals surface area contributed by atoms with Gasteiger partial charge in [-0.25, -0.2) is 0 Å². The number of rotatable bonds is 3. The van der Waals surface area contributed by atoms with E-state index in [1.54, 1.807) is 12.1 Å². The van der Waals surface area contributed by atoms with Gasteiger partial charge in [-0.1, -0.05) is 0 Å². The number of amides is 1. The molecular formula is C14H16N2O2. The highest BCUT2D eigenvalue weighted by Gasteiger charge is 2.10. The standard InChI is InChI=1S/C14H16N2O2/c1-10-9-11(16(2)3)6-7-12(10)15-14(17)13-5-4-8-18-13/h4-9H,1-3H3,(H,15,17). The Morgan fingerprint density at radius 1 is 1.28 bits per heavy atom. The molecule has 1 aromatic heterocycles. The first-order valence-corrected chi connectivity index (χ1v) is 5.71. The second-order valence-corrected chi connectivity index (χ2v) is 4.33. The molecule has 1 heterocycles. The summed E-state index contributed by atoms with van der Waals surface area (Å²) in [5, 5.41) is 2.83. The second kappa shape index (κ2) is 4.96. The number of benzene rings is 1. The predicted octanol–water partition coefficient (Wildman–Crippen LogP) is 2.91. The molecule has 94 valence electrons. The van der Waals surface area contributed by atoms with Crippen molar-refractivity contribution in [2.75, 3.05) is 24.3 Å². The van der Waals surface area contributed by atoms with Crippen molar-refractivity contribution in [3.05, 3.63) is 47.9 Å². The number of anilines is 2. The number of aryl methyl sites for hydroxylation is 1. The van der Waals surface area contributed by atoms with Crippen LogP contribution in [0.4, 0.5) is 11.4 Å². The summed E-state index contributed by atoms with van der Waals surface area (Å²) in [6, 6.07) is 9.21. The molecule has 0 fully saturated rings.